The summed E-state index contributed by atoms with van der Waals surface area (Å²) in [7, 11) is -0.885. The van der Waals surface area contributed by atoms with Crippen LogP contribution in [0.4, 0.5) is 17.3 Å². The van der Waals surface area contributed by atoms with Gasteiger partial charge in [-0.15, -0.1) is 0 Å². The molecule has 0 radical (unpaired) electrons. The number of aromatic nitrogens is 2. The van der Waals surface area contributed by atoms with Crippen LogP contribution in [0.2, 0.25) is 0 Å². The summed E-state index contributed by atoms with van der Waals surface area (Å²) in [6.07, 6.45) is 3.54. The van der Waals surface area contributed by atoms with Crippen molar-refractivity contribution in [2.24, 2.45) is 0 Å². The third kappa shape index (κ3) is 4.72. The summed E-state index contributed by atoms with van der Waals surface area (Å²) in [6.45, 7) is 4.23. The van der Waals surface area contributed by atoms with Gasteiger partial charge in [-0.2, -0.15) is 0 Å². The van der Waals surface area contributed by atoms with E-state index < -0.39 is 15.7 Å². The molecule has 1 aromatic heterocycles. The molecule has 1 rings (SSSR count). The molecule has 1 aromatic rings. The normalized spacial score (nSPS) is 13.6. The van der Waals surface area contributed by atoms with Crippen LogP contribution in [-0.2, 0) is 10.8 Å². The summed E-state index contributed by atoms with van der Waals surface area (Å²) in [5, 5.41) is 17.0. The molecule has 0 bridgehead atoms. The fraction of sp³-hybridized carbons (Fsp3) is 0.636. The van der Waals surface area contributed by atoms with Gasteiger partial charge in [0.1, 0.15) is 6.33 Å². The van der Waals surface area contributed by atoms with E-state index in [1.165, 1.54) is 6.33 Å². The van der Waals surface area contributed by atoms with Crippen LogP contribution in [0.15, 0.2) is 6.33 Å². The molecule has 2 atom stereocenters. The number of hydrogen-bond donors (Lipinski definition) is 2. The Hall–Kier alpha value is -1.77. The van der Waals surface area contributed by atoms with Crippen LogP contribution < -0.4 is 10.6 Å². The smallest absolute Gasteiger partial charge is 0.353 e. The Kier molecular flexibility index (Phi) is 6.29. The van der Waals surface area contributed by atoms with Gasteiger partial charge in [-0.25, -0.2) is 9.97 Å². The van der Waals surface area contributed by atoms with Gasteiger partial charge in [0.15, 0.2) is 0 Å². The molecule has 9 heteroatoms. The predicted molar refractivity (Wildman–Crippen MR) is 79.5 cm³/mol. The van der Waals surface area contributed by atoms with Gasteiger partial charge in [0.25, 0.3) is 0 Å². The Morgan fingerprint density at radius 2 is 2.10 bits per heavy atom. The number of rotatable bonds is 8. The Bertz CT molecular complexity index is 497. The van der Waals surface area contributed by atoms with E-state index in [9.17, 15) is 14.3 Å². The molecule has 2 N–H and O–H groups in total. The van der Waals surface area contributed by atoms with Crippen LogP contribution in [0.1, 0.15) is 20.3 Å². The van der Waals surface area contributed by atoms with Gasteiger partial charge < -0.3 is 10.6 Å². The lowest BCUT2D eigenvalue weighted by atomic mass is 10.2. The van der Waals surface area contributed by atoms with Crippen molar-refractivity contribution in [3.05, 3.63) is 16.4 Å². The highest BCUT2D eigenvalue weighted by Gasteiger charge is 2.23. The Labute approximate surface area is 120 Å². The second kappa shape index (κ2) is 7.73. The van der Waals surface area contributed by atoms with Crippen molar-refractivity contribution in [1.29, 1.82) is 0 Å². The van der Waals surface area contributed by atoms with Crippen molar-refractivity contribution in [1.82, 2.24) is 9.97 Å². The Morgan fingerprint density at radius 1 is 1.45 bits per heavy atom. The average molecular weight is 301 g/mol. The molecule has 2 unspecified atom stereocenters. The fourth-order valence-corrected chi connectivity index (χ4v) is 2.29. The van der Waals surface area contributed by atoms with Crippen LogP contribution in [0, 0.1) is 10.1 Å². The molecule has 8 nitrogen and oxygen atoms in total. The maximum atomic E-state index is 11.2. The minimum atomic E-state index is -0.885. The van der Waals surface area contributed by atoms with Crippen LogP contribution in [0.3, 0.4) is 0 Å². The van der Waals surface area contributed by atoms with E-state index in [4.69, 9.17) is 0 Å². The van der Waals surface area contributed by atoms with Crippen molar-refractivity contribution in [2.75, 3.05) is 29.2 Å². The van der Waals surface area contributed by atoms with E-state index in [1.54, 1.807) is 6.26 Å². The first-order valence-electron chi connectivity index (χ1n) is 6.25. The van der Waals surface area contributed by atoms with Crippen LogP contribution in [0.5, 0.6) is 0 Å². The van der Waals surface area contributed by atoms with Gasteiger partial charge in [0.2, 0.25) is 11.6 Å². The average Bonchev–Trinajstić information content (AvgIpc) is 2.36. The van der Waals surface area contributed by atoms with Crippen LogP contribution in [0.25, 0.3) is 0 Å². The number of nitrogens with zero attached hydrogens (tertiary/aromatic N) is 3. The summed E-state index contributed by atoms with van der Waals surface area (Å²) in [6, 6.07) is -0.0676. The lowest BCUT2D eigenvalue weighted by molar-refractivity contribution is -0.383. The molecule has 0 aliphatic carbocycles. The standard InChI is InChI=1S/C11H19N5O3S/c1-4-12-10-9(16(17)18)11(14-7-13-10)15-8(2)5-6-20(3)19/h7-8H,4-6H2,1-3H3,(H2,12,13,14,15). The van der Waals surface area contributed by atoms with Gasteiger partial charge in [-0.3, -0.25) is 14.3 Å². The summed E-state index contributed by atoms with van der Waals surface area (Å²) in [4.78, 5) is 18.5. The fourth-order valence-electron chi connectivity index (χ4n) is 1.60. The van der Waals surface area contributed by atoms with Crippen molar-refractivity contribution >= 4 is 28.1 Å². The quantitative estimate of drug-likeness (QED) is 0.551. The van der Waals surface area contributed by atoms with Crippen molar-refractivity contribution in [2.45, 2.75) is 26.3 Å². The zero-order chi connectivity index (χ0) is 15.1. The SMILES string of the molecule is CCNc1ncnc(NC(C)CCS(C)=O)c1[N+](=O)[O-]. The molecule has 0 fully saturated rings. The Morgan fingerprint density at radius 3 is 2.65 bits per heavy atom. The molecule has 1 heterocycles. The summed E-state index contributed by atoms with van der Waals surface area (Å²) >= 11 is 0. The van der Waals surface area contributed by atoms with E-state index in [1.807, 2.05) is 13.8 Å². The van der Waals surface area contributed by atoms with E-state index in [0.29, 0.717) is 18.7 Å². The zero-order valence-electron chi connectivity index (χ0n) is 11.8. The predicted octanol–water partition coefficient (Wildman–Crippen LogP) is 1.39. The number of nitro groups is 1. The molecule has 0 aliphatic heterocycles. The van der Waals surface area contributed by atoms with Crippen molar-refractivity contribution in [3.8, 4) is 0 Å². The highest BCUT2D eigenvalue weighted by atomic mass is 32.2. The number of nitrogens with one attached hydrogen (secondary N) is 2. The first kappa shape index (κ1) is 16.3. The minimum Gasteiger partial charge on any atom is -0.364 e. The minimum absolute atomic E-state index is 0.0676. The first-order chi connectivity index (χ1) is 9.45. The molecular weight excluding hydrogens is 282 g/mol. The van der Waals surface area contributed by atoms with Gasteiger partial charge in [0, 0.05) is 35.4 Å². The van der Waals surface area contributed by atoms with Crippen molar-refractivity contribution < 1.29 is 9.13 Å². The van der Waals surface area contributed by atoms with Gasteiger partial charge in [0.05, 0.1) is 4.92 Å². The lowest BCUT2D eigenvalue weighted by Crippen LogP contribution is -2.20. The maximum absolute atomic E-state index is 11.2. The van der Waals surface area contributed by atoms with Crippen LogP contribution >= 0.6 is 0 Å². The highest BCUT2D eigenvalue weighted by Crippen LogP contribution is 2.29. The van der Waals surface area contributed by atoms with E-state index in [2.05, 4.69) is 20.6 Å². The van der Waals surface area contributed by atoms with Gasteiger partial charge >= 0.3 is 5.69 Å². The molecular formula is C11H19N5O3S. The van der Waals surface area contributed by atoms with E-state index in [-0.39, 0.29) is 23.4 Å². The third-order valence-corrected chi connectivity index (χ3v) is 3.38. The molecule has 0 aliphatic rings. The second-order valence-electron chi connectivity index (χ2n) is 4.32. The topological polar surface area (TPSA) is 110 Å². The first-order valence-corrected chi connectivity index (χ1v) is 7.98. The summed E-state index contributed by atoms with van der Waals surface area (Å²) in [5.41, 5.74) is -0.168. The number of anilines is 2. The Balaban J connectivity index is 2.90. The largest absolute Gasteiger partial charge is 0.364 e. The summed E-state index contributed by atoms with van der Waals surface area (Å²) < 4.78 is 11.1. The van der Waals surface area contributed by atoms with E-state index >= 15 is 0 Å². The molecule has 0 saturated heterocycles. The molecule has 0 saturated carbocycles. The molecule has 0 spiro atoms. The zero-order valence-corrected chi connectivity index (χ0v) is 12.6. The highest BCUT2D eigenvalue weighted by molar-refractivity contribution is 7.84. The van der Waals surface area contributed by atoms with Crippen molar-refractivity contribution in [3.63, 3.8) is 0 Å². The van der Waals surface area contributed by atoms with Crippen LogP contribution in [-0.4, -0.2) is 43.7 Å². The van der Waals surface area contributed by atoms with E-state index in [0.717, 1.165) is 0 Å². The second-order valence-corrected chi connectivity index (χ2v) is 5.87. The van der Waals surface area contributed by atoms with Gasteiger partial charge in [-0.1, -0.05) is 0 Å². The lowest BCUT2D eigenvalue weighted by Gasteiger charge is -2.14. The number of hydrogen-bond acceptors (Lipinski definition) is 7. The molecule has 0 amide bonds. The third-order valence-electron chi connectivity index (χ3n) is 2.57. The molecule has 0 aromatic carbocycles. The van der Waals surface area contributed by atoms with Gasteiger partial charge in [-0.05, 0) is 20.3 Å². The molecule has 20 heavy (non-hydrogen) atoms. The summed E-state index contributed by atoms with van der Waals surface area (Å²) in [5.74, 6) is 0.907. The maximum Gasteiger partial charge on any atom is 0.353 e. The monoisotopic (exact) mass is 301 g/mol. The molecule has 112 valence electrons.